The van der Waals surface area contributed by atoms with Crippen LogP contribution >= 0.6 is 8.22 Å². The van der Waals surface area contributed by atoms with Gasteiger partial charge in [0.2, 0.25) is 0 Å². The largest absolute Gasteiger partial charge is 0.496 e. The van der Waals surface area contributed by atoms with Crippen molar-refractivity contribution >= 4 is 13.5 Å². The maximum atomic E-state index is 5.57. The predicted molar refractivity (Wildman–Crippen MR) is 81.1 cm³/mol. The summed E-state index contributed by atoms with van der Waals surface area (Å²) in [6.45, 7) is 0. The summed E-state index contributed by atoms with van der Waals surface area (Å²) in [5, 5.41) is 1.36. The van der Waals surface area contributed by atoms with Crippen LogP contribution < -0.4 is 10.0 Å². The zero-order chi connectivity index (χ0) is 13.4. The first-order chi connectivity index (χ1) is 9.24. The molecule has 1 aromatic rings. The van der Waals surface area contributed by atoms with Crippen molar-refractivity contribution in [1.82, 2.24) is 9.34 Å². The number of rotatable bonds is 2. The average molecular weight is 278 g/mol. The smallest absolute Gasteiger partial charge is 0.129 e. The van der Waals surface area contributed by atoms with Gasteiger partial charge >= 0.3 is 0 Å². The third kappa shape index (κ3) is 2.18. The molecule has 4 heteroatoms. The molecule has 0 unspecified atom stereocenters. The summed E-state index contributed by atoms with van der Waals surface area (Å²) in [6, 6.07) is 9.96. The van der Waals surface area contributed by atoms with Gasteiger partial charge in [0, 0.05) is 17.4 Å². The highest BCUT2D eigenvalue weighted by atomic mass is 31.1. The Hall–Kier alpha value is -0.630. The molecule has 1 aliphatic heterocycles. The maximum absolute atomic E-state index is 5.57. The second-order valence-electron chi connectivity index (χ2n) is 5.53. The number of benzene rings is 1. The minimum absolute atomic E-state index is 0.398. The molecule has 3 rings (SSSR count). The molecule has 1 aromatic carbocycles. The lowest BCUT2D eigenvalue weighted by molar-refractivity contribution is 0.233. The van der Waals surface area contributed by atoms with Gasteiger partial charge in [0.15, 0.2) is 0 Å². The number of nitrogens with zero attached hydrogens (tertiary/aromatic N) is 2. The van der Waals surface area contributed by atoms with Crippen molar-refractivity contribution in [2.75, 3.05) is 21.2 Å². The van der Waals surface area contributed by atoms with Crippen LogP contribution in [0.5, 0.6) is 5.75 Å². The summed E-state index contributed by atoms with van der Waals surface area (Å²) >= 11 is 0. The van der Waals surface area contributed by atoms with Crippen LogP contribution in [-0.2, 0) is 0 Å². The highest BCUT2D eigenvalue weighted by Gasteiger charge is 2.45. The van der Waals surface area contributed by atoms with Crippen LogP contribution in [0.2, 0.25) is 0 Å². The summed E-state index contributed by atoms with van der Waals surface area (Å²) in [4.78, 5) is 0. The SMILES string of the molecule is COc1ccccc1P1N(C)[C@@H]2CCCC[C@H]2N1C. The molecule has 1 heterocycles. The highest BCUT2D eigenvalue weighted by Crippen LogP contribution is 2.55. The van der Waals surface area contributed by atoms with Crippen molar-refractivity contribution in [2.45, 2.75) is 37.8 Å². The van der Waals surface area contributed by atoms with Gasteiger partial charge in [0.1, 0.15) is 5.75 Å². The molecule has 3 nitrogen and oxygen atoms in total. The Balaban J connectivity index is 1.95. The van der Waals surface area contributed by atoms with Crippen LogP contribution in [0.4, 0.5) is 0 Å². The third-order valence-corrected chi connectivity index (χ3v) is 7.14. The highest BCUT2D eigenvalue weighted by molar-refractivity contribution is 7.61. The van der Waals surface area contributed by atoms with E-state index >= 15 is 0 Å². The van der Waals surface area contributed by atoms with Crippen LogP contribution in [-0.4, -0.2) is 42.6 Å². The monoisotopic (exact) mass is 278 g/mol. The molecule has 0 aromatic heterocycles. The maximum Gasteiger partial charge on any atom is 0.129 e. The van der Waals surface area contributed by atoms with Crippen LogP contribution in [0, 0.1) is 0 Å². The minimum Gasteiger partial charge on any atom is -0.496 e. The van der Waals surface area contributed by atoms with Crippen LogP contribution in [0.25, 0.3) is 0 Å². The molecule has 0 bridgehead atoms. The second-order valence-corrected chi connectivity index (χ2v) is 7.85. The van der Waals surface area contributed by atoms with Crippen molar-refractivity contribution in [2.24, 2.45) is 0 Å². The molecular weight excluding hydrogens is 255 g/mol. The van der Waals surface area contributed by atoms with E-state index in [0.29, 0.717) is 0 Å². The lowest BCUT2D eigenvalue weighted by Crippen LogP contribution is -2.37. The summed E-state index contributed by atoms with van der Waals surface area (Å²) < 4.78 is 10.8. The van der Waals surface area contributed by atoms with E-state index in [1.807, 2.05) is 0 Å². The number of hydrogen-bond donors (Lipinski definition) is 0. The van der Waals surface area contributed by atoms with Gasteiger partial charge in [-0.3, -0.25) is 9.34 Å². The fraction of sp³-hybridized carbons (Fsp3) is 0.600. The normalized spacial score (nSPS) is 29.4. The molecule has 2 atom stereocenters. The minimum atomic E-state index is -0.398. The first-order valence-electron chi connectivity index (χ1n) is 7.12. The third-order valence-electron chi connectivity index (χ3n) is 4.55. The molecule has 1 aliphatic carbocycles. The Morgan fingerprint density at radius 1 is 1.05 bits per heavy atom. The van der Waals surface area contributed by atoms with Gasteiger partial charge in [-0.1, -0.05) is 25.0 Å². The number of ether oxygens (including phenoxy) is 1. The van der Waals surface area contributed by atoms with Crippen LogP contribution in [0.3, 0.4) is 0 Å². The van der Waals surface area contributed by atoms with E-state index in [9.17, 15) is 0 Å². The van der Waals surface area contributed by atoms with Crippen LogP contribution in [0.1, 0.15) is 25.7 Å². The summed E-state index contributed by atoms with van der Waals surface area (Å²) in [5.41, 5.74) is 0. The Morgan fingerprint density at radius 2 is 1.63 bits per heavy atom. The molecular formula is C15H23N2OP. The van der Waals surface area contributed by atoms with Gasteiger partial charge in [0.25, 0.3) is 0 Å². The average Bonchev–Trinajstić information content (AvgIpc) is 2.71. The lowest BCUT2D eigenvalue weighted by Gasteiger charge is -2.29. The molecule has 0 spiro atoms. The Bertz CT molecular complexity index is 436. The topological polar surface area (TPSA) is 15.7 Å². The Labute approximate surface area is 117 Å². The van der Waals surface area contributed by atoms with E-state index in [4.69, 9.17) is 4.74 Å². The molecule has 1 saturated carbocycles. The van der Waals surface area contributed by atoms with E-state index in [2.05, 4.69) is 47.7 Å². The zero-order valence-electron chi connectivity index (χ0n) is 12.0. The van der Waals surface area contributed by atoms with Gasteiger partial charge in [-0.25, -0.2) is 0 Å². The van der Waals surface area contributed by atoms with Crippen molar-refractivity contribution in [1.29, 1.82) is 0 Å². The number of methoxy groups -OCH3 is 1. The second kappa shape index (κ2) is 5.40. The number of para-hydroxylation sites is 1. The Morgan fingerprint density at radius 3 is 2.21 bits per heavy atom. The van der Waals surface area contributed by atoms with E-state index in [1.54, 1.807) is 7.11 Å². The fourth-order valence-electron chi connectivity index (χ4n) is 3.60. The molecule has 104 valence electrons. The number of hydrogen-bond acceptors (Lipinski definition) is 3. The van der Waals surface area contributed by atoms with E-state index < -0.39 is 8.22 Å². The van der Waals surface area contributed by atoms with Crippen molar-refractivity contribution < 1.29 is 4.74 Å². The first-order valence-corrected chi connectivity index (χ1v) is 8.37. The van der Waals surface area contributed by atoms with Gasteiger partial charge in [-0.05, 0) is 39.1 Å². The van der Waals surface area contributed by atoms with Gasteiger partial charge in [-0.15, -0.1) is 0 Å². The number of likely N-dealkylation sites (N-methyl/N-ethyl adjacent to an activating group) is 2. The standard InChI is InChI=1S/C15H23N2OP/c1-16-12-8-4-5-9-13(12)17(2)19(16)15-11-7-6-10-14(15)18-3/h6-7,10-13H,4-5,8-9H2,1-3H3/t12-,13-/m1/s1. The zero-order valence-corrected chi connectivity index (χ0v) is 12.9. The fourth-order valence-corrected chi connectivity index (χ4v) is 6.41. The molecule has 0 radical (unpaired) electrons. The molecule has 2 fully saturated rings. The number of fused-ring (bicyclic) bond motifs is 1. The van der Waals surface area contributed by atoms with E-state index in [1.165, 1.54) is 31.0 Å². The van der Waals surface area contributed by atoms with Crippen molar-refractivity contribution in [3.63, 3.8) is 0 Å². The van der Waals surface area contributed by atoms with E-state index in [0.717, 1.165) is 17.8 Å². The molecule has 19 heavy (non-hydrogen) atoms. The molecule has 1 saturated heterocycles. The lowest BCUT2D eigenvalue weighted by atomic mass is 9.91. The summed E-state index contributed by atoms with van der Waals surface area (Å²) in [6.07, 6.45) is 5.46. The van der Waals surface area contributed by atoms with E-state index in [-0.39, 0.29) is 0 Å². The van der Waals surface area contributed by atoms with Crippen molar-refractivity contribution in [3.05, 3.63) is 24.3 Å². The van der Waals surface area contributed by atoms with Gasteiger partial charge < -0.3 is 4.74 Å². The summed E-state index contributed by atoms with van der Waals surface area (Å²) in [5.74, 6) is 1.03. The van der Waals surface area contributed by atoms with Gasteiger partial charge in [0.05, 0.1) is 15.3 Å². The van der Waals surface area contributed by atoms with Gasteiger partial charge in [-0.2, -0.15) is 0 Å². The molecule has 2 aliphatic rings. The predicted octanol–water partition coefficient (Wildman–Crippen LogP) is 2.82. The van der Waals surface area contributed by atoms with Crippen LogP contribution in [0.15, 0.2) is 24.3 Å². The molecule has 0 N–H and O–H groups in total. The first kappa shape index (κ1) is 13.4. The van der Waals surface area contributed by atoms with Crippen molar-refractivity contribution in [3.8, 4) is 5.75 Å². The Kier molecular flexibility index (Phi) is 3.79. The summed E-state index contributed by atoms with van der Waals surface area (Å²) in [7, 11) is 5.97. The molecule has 0 amide bonds. The quantitative estimate of drug-likeness (QED) is 0.774.